The van der Waals surface area contributed by atoms with Gasteiger partial charge in [-0.25, -0.2) is 0 Å². The molecule has 0 aliphatic rings. The molecule has 2 aromatic carbocycles. The van der Waals surface area contributed by atoms with E-state index in [1.165, 1.54) is 0 Å². The number of nitrogens with zero attached hydrogens (tertiary/aromatic N) is 2. The number of para-hydroxylation sites is 1. The molecule has 0 N–H and O–H groups in total. The van der Waals surface area contributed by atoms with Crippen molar-refractivity contribution in [2.75, 3.05) is 7.11 Å². The number of rotatable bonds is 5. The van der Waals surface area contributed by atoms with Crippen LogP contribution in [0.2, 0.25) is 0 Å². The standard InChI is InChI=1S/C17H16N2O3/c1-12-6-3-4-9-15(12)21-11-16-18-17(19-22-16)13-7-5-8-14(10-13)20-2/h3-10H,11H2,1-2H3. The van der Waals surface area contributed by atoms with Crippen molar-refractivity contribution in [3.05, 3.63) is 60.0 Å². The van der Waals surface area contributed by atoms with Gasteiger partial charge in [-0.2, -0.15) is 4.98 Å². The fraction of sp³-hybridized carbons (Fsp3) is 0.176. The Morgan fingerprint density at radius 1 is 1.09 bits per heavy atom. The van der Waals surface area contributed by atoms with Crippen molar-refractivity contribution in [2.45, 2.75) is 13.5 Å². The minimum absolute atomic E-state index is 0.238. The predicted molar refractivity (Wildman–Crippen MR) is 81.8 cm³/mol. The third kappa shape index (κ3) is 3.09. The smallest absolute Gasteiger partial charge is 0.264 e. The molecule has 3 rings (SSSR count). The van der Waals surface area contributed by atoms with Crippen LogP contribution in [0.4, 0.5) is 0 Å². The van der Waals surface area contributed by atoms with E-state index in [1.807, 2.05) is 55.5 Å². The van der Waals surface area contributed by atoms with Crippen LogP contribution >= 0.6 is 0 Å². The van der Waals surface area contributed by atoms with Crippen molar-refractivity contribution < 1.29 is 14.0 Å². The molecule has 3 aromatic rings. The van der Waals surface area contributed by atoms with Crippen molar-refractivity contribution in [1.29, 1.82) is 0 Å². The summed E-state index contributed by atoms with van der Waals surface area (Å²) in [6.07, 6.45) is 0. The summed E-state index contributed by atoms with van der Waals surface area (Å²) in [5, 5.41) is 3.97. The second kappa shape index (κ2) is 6.30. The normalized spacial score (nSPS) is 10.5. The lowest BCUT2D eigenvalue weighted by molar-refractivity contribution is 0.242. The molecule has 0 aliphatic carbocycles. The average molecular weight is 296 g/mol. The molecule has 1 aromatic heterocycles. The van der Waals surface area contributed by atoms with E-state index in [2.05, 4.69) is 10.1 Å². The number of aryl methyl sites for hydroxylation is 1. The highest BCUT2D eigenvalue weighted by atomic mass is 16.5. The lowest BCUT2D eigenvalue weighted by atomic mass is 10.2. The van der Waals surface area contributed by atoms with Crippen molar-refractivity contribution in [3.63, 3.8) is 0 Å². The zero-order valence-electron chi connectivity index (χ0n) is 12.4. The summed E-state index contributed by atoms with van der Waals surface area (Å²) in [7, 11) is 1.62. The number of benzene rings is 2. The SMILES string of the molecule is COc1cccc(-c2noc(COc3ccccc3C)n2)c1. The van der Waals surface area contributed by atoms with Crippen LogP contribution in [0.3, 0.4) is 0 Å². The fourth-order valence-corrected chi connectivity index (χ4v) is 2.05. The highest BCUT2D eigenvalue weighted by Gasteiger charge is 2.10. The third-order valence-electron chi connectivity index (χ3n) is 3.24. The molecule has 0 amide bonds. The second-order valence-electron chi connectivity index (χ2n) is 4.80. The Hall–Kier alpha value is -2.82. The van der Waals surface area contributed by atoms with Gasteiger partial charge in [-0.1, -0.05) is 35.5 Å². The summed E-state index contributed by atoms with van der Waals surface area (Å²) in [5.41, 5.74) is 1.90. The molecule has 0 bridgehead atoms. The number of methoxy groups -OCH3 is 1. The summed E-state index contributed by atoms with van der Waals surface area (Å²) >= 11 is 0. The topological polar surface area (TPSA) is 57.4 Å². The fourth-order valence-electron chi connectivity index (χ4n) is 2.05. The predicted octanol–water partition coefficient (Wildman–Crippen LogP) is 3.63. The quantitative estimate of drug-likeness (QED) is 0.719. The second-order valence-corrected chi connectivity index (χ2v) is 4.80. The van der Waals surface area contributed by atoms with Crippen LogP contribution in [0.5, 0.6) is 11.5 Å². The van der Waals surface area contributed by atoms with Gasteiger partial charge in [0.15, 0.2) is 6.61 Å². The first-order valence-corrected chi connectivity index (χ1v) is 6.91. The molecule has 1 heterocycles. The average Bonchev–Trinajstić information content (AvgIpc) is 3.03. The molecule has 0 atom stereocenters. The van der Waals surface area contributed by atoms with Crippen molar-refractivity contribution in [2.24, 2.45) is 0 Å². The van der Waals surface area contributed by atoms with Crippen LogP contribution < -0.4 is 9.47 Å². The monoisotopic (exact) mass is 296 g/mol. The summed E-state index contributed by atoms with van der Waals surface area (Å²) < 4.78 is 16.1. The minimum atomic E-state index is 0.238. The molecule has 0 aliphatic heterocycles. The van der Waals surface area contributed by atoms with Crippen molar-refractivity contribution in [1.82, 2.24) is 10.1 Å². The van der Waals surface area contributed by atoms with Crippen LogP contribution in [0, 0.1) is 6.92 Å². The van der Waals surface area contributed by atoms with Crippen LogP contribution in [0.15, 0.2) is 53.1 Å². The van der Waals surface area contributed by atoms with E-state index in [4.69, 9.17) is 14.0 Å². The summed E-state index contributed by atoms with van der Waals surface area (Å²) in [6, 6.07) is 15.3. The molecule has 0 fully saturated rings. The van der Waals surface area contributed by atoms with Crippen LogP contribution in [0.25, 0.3) is 11.4 Å². The van der Waals surface area contributed by atoms with Crippen molar-refractivity contribution >= 4 is 0 Å². The molecule has 112 valence electrons. The van der Waals surface area contributed by atoms with Gasteiger partial charge >= 0.3 is 0 Å². The Balaban J connectivity index is 1.72. The van der Waals surface area contributed by atoms with E-state index in [1.54, 1.807) is 7.11 Å². The van der Waals surface area contributed by atoms with Gasteiger partial charge < -0.3 is 14.0 Å². The zero-order chi connectivity index (χ0) is 15.4. The van der Waals surface area contributed by atoms with Crippen LogP contribution in [0.1, 0.15) is 11.5 Å². The maximum atomic E-state index is 5.70. The van der Waals surface area contributed by atoms with Crippen LogP contribution in [-0.2, 0) is 6.61 Å². The van der Waals surface area contributed by atoms with Crippen molar-refractivity contribution in [3.8, 4) is 22.9 Å². The Bertz CT molecular complexity index is 768. The largest absolute Gasteiger partial charge is 0.497 e. The van der Waals surface area contributed by atoms with Crippen LogP contribution in [-0.4, -0.2) is 17.3 Å². The molecule has 5 nitrogen and oxygen atoms in total. The molecule has 0 spiro atoms. The highest BCUT2D eigenvalue weighted by molar-refractivity contribution is 5.56. The Morgan fingerprint density at radius 3 is 2.77 bits per heavy atom. The van der Waals surface area contributed by atoms with E-state index in [9.17, 15) is 0 Å². The minimum Gasteiger partial charge on any atom is -0.497 e. The molecule has 0 saturated carbocycles. The van der Waals surface area contributed by atoms with E-state index in [-0.39, 0.29) is 6.61 Å². The summed E-state index contributed by atoms with van der Waals surface area (Å²) in [4.78, 5) is 4.34. The lowest BCUT2D eigenvalue weighted by Gasteiger charge is -2.05. The third-order valence-corrected chi connectivity index (χ3v) is 3.24. The molecule has 0 saturated heterocycles. The van der Waals surface area contributed by atoms with Gasteiger partial charge in [0.2, 0.25) is 5.82 Å². The van der Waals surface area contributed by atoms with Gasteiger partial charge in [-0.3, -0.25) is 0 Å². The Kier molecular flexibility index (Phi) is 4.05. The van der Waals surface area contributed by atoms with Gasteiger partial charge in [0, 0.05) is 5.56 Å². The molecular weight excluding hydrogens is 280 g/mol. The van der Waals surface area contributed by atoms with Gasteiger partial charge in [0.05, 0.1) is 7.11 Å². The number of ether oxygens (including phenoxy) is 2. The van der Waals surface area contributed by atoms with E-state index in [0.29, 0.717) is 11.7 Å². The Morgan fingerprint density at radius 2 is 1.95 bits per heavy atom. The maximum Gasteiger partial charge on any atom is 0.264 e. The van der Waals surface area contributed by atoms with E-state index >= 15 is 0 Å². The van der Waals surface area contributed by atoms with Gasteiger partial charge in [0.25, 0.3) is 5.89 Å². The number of hydrogen-bond donors (Lipinski definition) is 0. The molecule has 0 radical (unpaired) electrons. The molecular formula is C17H16N2O3. The van der Waals surface area contributed by atoms with E-state index in [0.717, 1.165) is 22.6 Å². The first kappa shape index (κ1) is 14.1. The first-order valence-electron chi connectivity index (χ1n) is 6.91. The zero-order valence-corrected chi connectivity index (χ0v) is 12.4. The maximum absolute atomic E-state index is 5.70. The molecule has 22 heavy (non-hydrogen) atoms. The van der Waals surface area contributed by atoms with Gasteiger partial charge in [-0.05, 0) is 30.7 Å². The molecule has 5 heteroatoms. The lowest BCUT2D eigenvalue weighted by Crippen LogP contribution is -1.97. The molecule has 0 unspecified atom stereocenters. The van der Waals surface area contributed by atoms with E-state index < -0.39 is 0 Å². The Labute approximate surface area is 128 Å². The number of aromatic nitrogens is 2. The van der Waals surface area contributed by atoms with Gasteiger partial charge in [-0.15, -0.1) is 0 Å². The van der Waals surface area contributed by atoms with Gasteiger partial charge in [0.1, 0.15) is 11.5 Å². The highest BCUT2D eigenvalue weighted by Crippen LogP contribution is 2.22. The summed E-state index contributed by atoms with van der Waals surface area (Å²) in [6.45, 7) is 2.23. The summed E-state index contributed by atoms with van der Waals surface area (Å²) in [5.74, 6) is 2.51. The number of hydrogen-bond acceptors (Lipinski definition) is 5. The first-order chi connectivity index (χ1) is 10.8.